The lowest BCUT2D eigenvalue weighted by Gasteiger charge is -2.05. The monoisotopic (exact) mass is 454 g/mol. The number of hydrogen-bond acceptors (Lipinski definition) is 6. The number of ether oxygens (including phenoxy) is 1. The molecule has 0 unspecified atom stereocenters. The number of thioether (sulfide) groups is 1. The number of nitrogens with one attached hydrogen (secondary N) is 1. The molecule has 1 aromatic heterocycles. The van der Waals surface area contributed by atoms with Gasteiger partial charge in [-0.2, -0.15) is 0 Å². The largest absolute Gasteiger partial charge is 0.493 e. The van der Waals surface area contributed by atoms with Gasteiger partial charge in [0, 0.05) is 15.8 Å². The first-order valence-corrected chi connectivity index (χ1v) is 10.8. The van der Waals surface area contributed by atoms with Gasteiger partial charge in [-0.25, -0.2) is 18.5 Å². The van der Waals surface area contributed by atoms with Crippen LogP contribution >= 0.6 is 27.7 Å². The van der Waals surface area contributed by atoms with Crippen LogP contribution in [0.5, 0.6) is 5.75 Å². The van der Waals surface area contributed by atoms with Gasteiger partial charge in [-0.15, -0.1) is 5.10 Å². The van der Waals surface area contributed by atoms with Crippen molar-refractivity contribution < 1.29 is 13.2 Å². The molecule has 0 fully saturated rings. The number of sulfonamides is 1. The maximum absolute atomic E-state index is 11.2. The molecule has 3 N–H and O–H groups in total. The van der Waals surface area contributed by atoms with Crippen LogP contribution in [0.1, 0.15) is 0 Å². The highest BCUT2D eigenvalue weighted by Crippen LogP contribution is 2.26. The summed E-state index contributed by atoms with van der Waals surface area (Å²) >= 11 is 4.95. The summed E-state index contributed by atoms with van der Waals surface area (Å²) in [7, 11) is -3.69. The molecule has 0 saturated heterocycles. The van der Waals surface area contributed by atoms with Gasteiger partial charge in [0.2, 0.25) is 15.2 Å². The Bertz CT molecular complexity index is 991. The van der Waals surface area contributed by atoms with Gasteiger partial charge in [-0.3, -0.25) is 5.10 Å². The summed E-state index contributed by atoms with van der Waals surface area (Å²) in [5.74, 6) is 1.91. The SMILES string of the molecule is NS(=O)(=O)c1ccc(OCCSc2n[nH]c(-c3ccccc3Br)n2)cc1. The first-order chi connectivity index (χ1) is 12.4. The van der Waals surface area contributed by atoms with Crippen LogP contribution in [0.15, 0.2) is 63.1 Å². The molecule has 0 saturated carbocycles. The van der Waals surface area contributed by atoms with Crippen molar-refractivity contribution in [1.29, 1.82) is 0 Å². The van der Waals surface area contributed by atoms with Gasteiger partial charge in [0.05, 0.1) is 11.5 Å². The quantitative estimate of drug-likeness (QED) is 0.419. The normalized spacial score (nSPS) is 11.5. The average Bonchev–Trinajstić information content (AvgIpc) is 3.07. The second kappa shape index (κ2) is 8.21. The maximum Gasteiger partial charge on any atom is 0.238 e. The third kappa shape index (κ3) is 4.85. The molecule has 2 aromatic carbocycles. The number of aromatic amines is 1. The minimum Gasteiger partial charge on any atom is -0.493 e. The Labute approximate surface area is 163 Å². The molecule has 0 amide bonds. The fraction of sp³-hybridized carbons (Fsp3) is 0.125. The lowest BCUT2D eigenvalue weighted by molar-refractivity contribution is 0.343. The highest BCUT2D eigenvalue weighted by atomic mass is 79.9. The summed E-state index contributed by atoms with van der Waals surface area (Å²) in [5, 5.41) is 12.8. The van der Waals surface area contributed by atoms with Gasteiger partial charge in [-0.05, 0) is 30.3 Å². The summed E-state index contributed by atoms with van der Waals surface area (Å²) in [6, 6.07) is 13.7. The molecule has 0 atom stereocenters. The Morgan fingerprint density at radius 2 is 1.88 bits per heavy atom. The third-order valence-corrected chi connectivity index (χ3v) is 5.76. The molecule has 0 spiro atoms. The number of rotatable bonds is 7. The van der Waals surface area contributed by atoms with Gasteiger partial charge in [0.15, 0.2) is 5.82 Å². The molecule has 26 heavy (non-hydrogen) atoms. The van der Waals surface area contributed by atoms with Crippen molar-refractivity contribution >= 4 is 37.7 Å². The van der Waals surface area contributed by atoms with E-state index in [0.717, 1.165) is 10.0 Å². The van der Waals surface area contributed by atoms with E-state index in [0.29, 0.717) is 29.1 Å². The summed E-state index contributed by atoms with van der Waals surface area (Å²) in [4.78, 5) is 4.51. The number of nitrogens with zero attached hydrogens (tertiary/aromatic N) is 2. The van der Waals surface area contributed by atoms with Crippen LogP contribution in [0.4, 0.5) is 0 Å². The zero-order chi connectivity index (χ0) is 18.6. The van der Waals surface area contributed by atoms with E-state index in [9.17, 15) is 8.42 Å². The molecular weight excluding hydrogens is 440 g/mol. The topological polar surface area (TPSA) is 111 Å². The van der Waals surface area contributed by atoms with E-state index in [1.54, 1.807) is 12.1 Å². The van der Waals surface area contributed by atoms with Crippen LogP contribution < -0.4 is 9.88 Å². The van der Waals surface area contributed by atoms with Gasteiger partial charge < -0.3 is 4.74 Å². The van der Waals surface area contributed by atoms with Crippen LogP contribution in [0.2, 0.25) is 0 Å². The Balaban J connectivity index is 1.51. The number of nitrogens with two attached hydrogens (primary N) is 1. The first kappa shape index (κ1) is 18.9. The highest BCUT2D eigenvalue weighted by molar-refractivity contribution is 9.10. The van der Waals surface area contributed by atoms with Gasteiger partial charge in [-0.1, -0.05) is 45.9 Å². The van der Waals surface area contributed by atoms with Crippen LogP contribution in [0, 0.1) is 0 Å². The molecule has 3 aromatic rings. The zero-order valence-electron chi connectivity index (χ0n) is 13.4. The van der Waals surface area contributed by atoms with Crippen molar-refractivity contribution in [3.8, 4) is 17.1 Å². The third-order valence-electron chi connectivity index (χ3n) is 3.33. The molecule has 10 heteroatoms. The molecule has 0 aliphatic carbocycles. The first-order valence-electron chi connectivity index (χ1n) is 7.49. The van der Waals surface area contributed by atoms with E-state index in [1.807, 2.05) is 24.3 Å². The molecule has 0 aliphatic heterocycles. The predicted molar refractivity (Wildman–Crippen MR) is 104 cm³/mol. The lowest BCUT2D eigenvalue weighted by atomic mass is 10.2. The molecule has 1 heterocycles. The van der Waals surface area contributed by atoms with E-state index in [4.69, 9.17) is 9.88 Å². The fourth-order valence-corrected chi connectivity index (χ4v) is 3.71. The Morgan fingerprint density at radius 3 is 2.58 bits per heavy atom. The molecule has 0 bridgehead atoms. The fourth-order valence-electron chi connectivity index (χ4n) is 2.10. The number of halogens is 1. The molecule has 136 valence electrons. The summed E-state index contributed by atoms with van der Waals surface area (Å²) in [5.41, 5.74) is 0.943. The Hall–Kier alpha value is -1.88. The predicted octanol–water partition coefficient (Wildman–Crippen LogP) is 3.05. The average molecular weight is 455 g/mol. The van der Waals surface area contributed by atoms with Crippen molar-refractivity contribution in [2.45, 2.75) is 10.1 Å². The second-order valence-corrected chi connectivity index (χ2v) is 8.64. The van der Waals surface area contributed by atoms with Crippen molar-refractivity contribution in [3.05, 3.63) is 53.0 Å². The number of primary sulfonamides is 1. The van der Waals surface area contributed by atoms with Crippen molar-refractivity contribution in [2.75, 3.05) is 12.4 Å². The molecule has 0 radical (unpaired) electrons. The van der Waals surface area contributed by atoms with E-state index in [-0.39, 0.29) is 4.90 Å². The minimum absolute atomic E-state index is 0.0551. The zero-order valence-corrected chi connectivity index (χ0v) is 16.6. The van der Waals surface area contributed by atoms with Crippen molar-refractivity contribution in [3.63, 3.8) is 0 Å². The van der Waals surface area contributed by atoms with E-state index in [2.05, 4.69) is 31.1 Å². The molecule has 3 rings (SSSR count). The molecular formula is C16H15BrN4O3S2. The standard InChI is InChI=1S/C16H15BrN4O3S2/c17-14-4-2-1-3-13(14)15-19-16(21-20-15)25-10-9-24-11-5-7-12(8-6-11)26(18,22)23/h1-8H,9-10H2,(H2,18,22,23)(H,19,20,21). The van der Waals surface area contributed by atoms with Crippen LogP contribution in [-0.2, 0) is 10.0 Å². The van der Waals surface area contributed by atoms with E-state index < -0.39 is 10.0 Å². The summed E-state index contributed by atoms with van der Waals surface area (Å²) < 4.78 is 28.9. The summed E-state index contributed by atoms with van der Waals surface area (Å²) in [6.07, 6.45) is 0. The summed E-state index contributed by atoms with van der Waals surface area (Å²) in [6.45, 7) is 0.429. The van der Waals surface area contributed by atoms with Crippen LogP contribution in [0.3, 0.4) is 0 Å². The van der Waals surface area contributed by atoms with E-state index in [1.165, 1.54) is 23.9 Å². The van der Waals surface area contributed by atoms with Crippen molar-refractivity contribution in [1.82, 2.24) is 15.2 Å². The van der Waals surface area contributed by atoms with Crippen molar-refractivity contribution in [2.24, 2.45) is 5.14 Å². The smallest absolute Gasteiger partial charge is 0.238 e. The van der Waals surface area contributed by atoms with E-state index >= 15 is 0 Å². The maximum atomic E-state index is 11.2. The number of benzene rings is 2. The molecule has 0 aliphatic rings. The number of H-pyrrole nitrogens is 1. The van der Waals surface area contributed by atoms with Gasteiger partial charge in [0.25, 0.3) is 0 Å². The molecule has 7 nitrogen and oxygen atoms in total. The Kier molecular flexibility index (Phi) is 5.97. The van der Waals surface area contributed by atoms with Gasteiger partial charge >= 0.3 is 0 Å². The number of hydrogen-bond donors (Lipinski definition) is 2. The highest BCUT2D eigenvalue weighted by Gasteiger charge is 2.09. The van der Waals surface area contributed by atoms with Crippen LogP contribution in [-0.4, -0.2) is 36.0 Å². The minimum atomic E-state index is -3.69. The number of aromatic nitrogens is 3. The van der Waals surface area contributed by atoms with Gasteiger partial charge in [0.1, 0.15) is 5.75 Å². The second-order valence-electron chi connectivity index (χ2n) is 5.16. The lowest BCUT2D eigenvalue weighted by Crippen LogP contribution is -2.11. The van der Waals surface area contributed by atoms with Crippen LogP contribution in [0.25, 0.3) is 11.4 Å². The Morgan fingerprint density at radius 1 is 1.15 bits per heavy atom.